The first-order valence-corrected chi connectivity index (χ1v) is 4.01. The van der Waals surface area contributed by atoms with Crippen LogP contribution in [0.15, 0.2) is 4.99 Å². The molecule has 0 N–H and O–H groups in total. The Balaban J connectivity index is 2.61. The highest BCUT2D eigenvalue weighted by Crippen LogP contribution is 1.99. The molecule has 0 aliphatic carbocycles. The smallest absolute Gasteiger partial charge is 0.329 e. The highest BCUT2D eigenvalue weighted by molar-refractivity contribution is 6.41. The lowest BCUT2D eigenvalue weighted by molar-refractivity contribution is -0.127. The molecule has 0 aromatic carbocycles. The van der Waals surface area contributed by atoms with Gasteiger partial charge in [-0.25, -0.2) is 0 Å². The average Bonchev–Trinajstić information content (AvgIpc) is 2.21. The molecule has 0 atom stereocenters. The van der Waals surface area contributed by atoms with E-state index < -0.39 is 0 Å². The van der Waals surface area contributed by atoms with Crippen molar-refractivity contribution in [1.82, 2.24) is 4.90 Å². The van der Waals surface area contributed by atoms with Gasteiger partial charge in [-0.2, -0.15) is 4.99 Å². The Bertz CT molecular complexity index is 261. The zero-order chi connectivity index (χ0) is 9.68. The summed E-state index contributed by atoms with van der Waals surface area (Å²) in [5.74, 6) is -0.345. The SMILES string of the molecule is [C-]#[N+]C(=NC)C(=O)N1CCOCC1. The van der Waals surface area contributed by atoms with Gasteiger partial charge >= 0.3 is 5.84 Å². The molecule has 1 aliphatic heterocycles. The van der Waals surface area contributed by atoms with E-state index in [9.17, 15) is 4.79 Å². The van der Waals surface area contributed by atoms with Gasteiger partial charge in [-0.15, -0.1) is 0 Å². The van der Waals surface area contributed by atoms with Crippen molar-refractivity contribution in [1.29, 1.82) is 0 Å². The lowest BCUT2D eigenvalue weighted by Crippen LogP contribution is -2.43. The minimum Gasteiger partial charge on any atom is -0.378 e. The van der Waals surface area contributed by atoms with Crippen LogP contribution >= 0.6 is 0 Å². The fraction of sp³-hybridized carbons (Fsp3) is 0.625. The van der Waals surface area contributed by atoms with E-state index in [4.69, 9.17) is 11.3 Å². The number of hydrogen-bond donors (Lipinski definition) is 0. The monoisotopic (exact) mass is 181 g/mol. The van der Waals surface area contributed by atoms with Crippen LogP contribution in [0.5, 0.6) is 0 Å². The minimum absolute atomic E-state index is 0.0538. The van der Waals surface area contributed by atoms with E-state index in [0.717, 1.165) is 0 Å². The molecule has 1 saturated heterocycles. The van der Waals surface area contributed by atoms with Crippen LogP contribution in [0.25, 0.3) is 4.85 Å². The van der Waals surface area contributed by atoms with Gasteiger partial charge in [0, 0.05) is 13.1 Å². The molecular formula is C8H11N3O2. The second-order valence-electron chi connectivity index (χ2n) is 2.56. The number of amidine groups is 1. The number of aliphatic imine (C=N–C) groups is 1. The van der Waals surface area contributed by atoms with E-state index >= 15 is 0 Å². The Morgan fingerprint density at radius 2 is 2.15 bits per heavy atom. The standard InChI is InChI=1S/C8H11N3O2/c1-9-7(10-2)8(12)11-3-5-13-6-4-11/h3-6H2,1H3. The maximum absolute atomic E-state index is 11.5. The van der Waals surface area contributed by atoms with E-state index in [1.54, 1.807) is 4.90 Å². The van der Waals surface area contributed by atoms with Crippen molar-refractivity contribution in [2.45, 2.75) is 0 Å². The molecule has 1 amide bonds. The van der Waals surface area contributed by atoms with Gasteiger partial charge in [0.05, 0.1) is 13.2 Å². The number of nitrogens with zero attached hydrogens (tertiary/aromatic N) is 3. The Morgan fingerprint density at radius 1 is 1.54 bits per heavy atom. The molecule has 1 fully saturated rings. The summed E-state index contributed by atoms with van der Waals surface area (Å²) in [6, 6.07) is 0. The van der Waals surface area contributed by atoms with Crippen molar-refractivity contribution in [3.63, 3.8) is 0 Å². The molecule has 0 radical (unpaired) electrons. The predicted octanol–water partition coefficient (Wildman–Crippen LogP) is -0.207. The van der Waals surface area contributed by atoms with Crippen LogP contribution in [-0.2, 0) is 9.53 Å². The third kappa shape index (κ3) is 2.26. The number of carbonyl (C=O) groups is 1. The summed E-state index contributed by atoms with van der Waals surface area (Å²) in [6.45, 7) is 8.91. The molecule has 0 bridgehead atoms. The van der Waals surface area contributed by atoms with E-state index in [2.05, 4.69) is 9.84 Å². The summed E-state index contributed by atoms with van der Waals surface area (Å²) in [7, 11) is 1.45. The van der Waals surface area contributed by atoms with Gasteiger partial charge in [0.15, 0.2) is 0 Å². The molecule has 0 unspecified atom stereocenters. The van der Waals surface area contributed by atoms with Crippen LogP contribution in [0.3, 0.4) is 0 Å². The summed E-state index contributed by atoms with van der Waals surface area (Å²) >= 11 is 0. The molecule has 5 nitrogen and oxygen atoms in total. The van der Waals surface area contributed by atoms with Gasteiger partial charge in [0.25, 0.3) is 5.91 Å². The van der Waals surface area contributed by atoms with Crippen LogP contribution in [-0.4, -0.2) is 50.0 Å². The van der Waals surface area contributed by atoms with Crippen molar-refractivity contribution >= 4 is 11.7 Å². The van der Waals surface area contributed by atoms with E-state index in [-0.39, 0.29) is 11.7 Å². The van der Waals surface area contributed by atoms with Crippen molar-refractivity contribution < 1.29 is 9.53 Å². The van der Waals surface area contributed by atoms with Crippen LogP contribution in [0.4, 0.5) is 0 Å². The highest BCUT2D eigenvalue weighted by atomic mass is 16.5. The molecule has 1 aliphatic rings. The number of rotatable bonds is 0. The number of morpholine rings is 1. The number of ether oxygens (including phenoxy) is 1. The van der Waals surface area contributed by atoms with E-state index in [1.807, 2.05) is 0 Å². The van der Waals surface area contributed by atoms with Crippen LogP contribution < -0.4 is 0 Å². The molecule has 70 valence electrons. The first kappa shape index (κ1) is 9.68. The zero-order valence-corrected chi connectivity index (χ0v) is 7.49. The molecule has 1 heterocycles. The van der Waals surface area contributed by atoms with Gasteiger partial charge < -0.3 is 14.5 Å². The molecule has 13 heavy (non-hydrogen) atoms. The maximum atomic E-state index is 11.5. The van der Waals surface area contributed by atoms with Crippen LogP contribution in [0.1, 0.15) is 0 Å². The molecular weight excluding hydrogens is 170 g/mol. The average molecular weight is 181 g/mol. The van der Waals surface area contributed by atoms with Gasteiger partial charge in [0.2, 0.25) is 0 Å². The number of carbonyl (C=O) groups excluding carboxylic acids is 1. The first-order chi connectivity index (χ1) is 6.29. The van der Waals surface area contributed by atoms with Crippen LogP contribution in [0.2, 0.25) is 0 Å². The number of amides is 1. The zero-order valence-electron chi connectivity index (χ0n) is 7.49. The fourth-order valence-electron chi connectivity index (χ4n) is 1.10. The summed E-state index contributed by atoms with van der Waals surface area (Å²) in [5, 5.41) is 0. The summed E-state index contributed by atoms with van der Waals surface area (Å²) in [6.07, 6.45) is 0. The second kappa shape index (κ2) is 4.58. The maximum Gasteiger partial charge on any atom is 0.329 e. The normalized spacial score (nSPS) is 18.2. The van der Waals surface area contributed by atoms with E-state index in [0.29, 0.717) is 26.3 Å². The molecule has 1 rings (SSSR count). The first-order valence-electron chi connectivity index (χ1n) is 4.01. The Labute approximate surface area is 76.8 Å². The third-order valence-corrected chi connectivity index (χ3v) is 1.81. The predicted molar refractivity (Wildman–Crippen MR) is 47.4 cm³/mol. The third-order valence-electron chi connectivity index (χ3n) is 1.81. The van der Waals surface area contributed by atoms with Gasteiger partial charge in [-0.1, -0.05) is 6.57 Å². The minimum atomic E-state index is -0.291. The topological polar surface area (TPSA) is 46.3 Å². The molecule has 0 saturated carbocycles. The van der Waals surface area contributed by atoms with Crippen molar-refractivity contribution in [3.8, 4) is 0 Å². The Kier molecular flexibility index (Phi) is 3.41. The summed E-state index contributed by atoms with van der Waals surface area (Å²) < 4.78 is 5.09. The van der Waals surface area contributed by atoms with Crippen molar-refractivity contribution in [3.05, 3.63) is 11.4 Å². The lowest BCUT2D eigenvalue weighted by atomic mass is 10.4. The molecule has 5 heteroatoms. The Hall–Kier alpha value is -1.41. The lowest BCUT2D eigenvalue weighted by Gasteiger charge is -2.26. The van der Waals surface area contributed by atoms with Gasteiger partial charge in [-0.3, -0.25) is 4.79 Å². The van der Waals surface area contributed by atoms with E-state index in [1.165, 1.54) is 7.05 Å². The molecule has 0 aromatic heterocycles. The summed E-state index contributed by atoms with van der Waals surface area (Å²) in [5.41, 5.74) is 0. The second-order valence-corrected chi connectivity index (χ2v) is 2.56. The molecule has 0 aromatic rings. The quantitative estimate of drug-likeness (QED) is 0.295. The number of hydrogen-bond acceptors (Lipinski definition) is 3. The summed E-state index contributed by atoms with van der Waals surface area (Å²) in [4.78, 5) is 19.7. The van der Waals surface area contributed by atoms with Crippen molar-refractivity contribution in [2.75, 3.05) is 33.4 Å². The van der Waals surface area contributed by atoms with Gasteiger partial charge in [-0.05, 0) is 0 Å². The largest absolute Gasteiger partial charge is 0.378 e. The Morgan fingerprint density at radius 3 is 2.62 bits per heavy atom. The highest BCUT2D eigenvalue weighted by Gasteiger charge is 2.21. The van der Waals surface area contributed by atoms with Gasteiger partial charge in [0.1, 0.15) is 7.05 Å². The van der Waals surface area contributed by atoms with Crippen molar-refractivity contribution in [2.24, 2.45) is 4.99 Å². The fourth-order valence-corrected chi connectivity index (χ4v) is 1.10. The molecule has 0 spiro atoms. The van der Waals surface area contributed by atoms with Crippen LogP contribution in [0, 0.1) is 6.57 Å².